The minimum Gasteiger partial charge on any atom is -0.479 e. The molecule has 1 aliphatic rings. The van der Waals surface area contributed by atoms with Crippen molar-refractivity contribution in [1.82, 2.24) is 4.90 Å². The topological polar surface area (TPSA) is 55.6 Å². The molecule has 3 aromatic rings. The zero-order valence-corrected chi connectivity index (χ0v) is 18.4. The summed E-state index contributed by atoms with van der Waals surface area (Å²) in [5, 5.41) is 11.4. The maximum absolute atomic E-state index is 11.4. The molecular weight excluding hydrogens is 400 g/mol. The predicted molar refractivity (Wildman–Crippen MR) is 126 cm³/mol. The lowest BCUT2D eigenvalue weighted by molar-refractivity contribution is -0.386. The molecule has 0 aromatic heterocycles. The summed E-state index contributed by atoms with van der Waals surface area (Å²) in [4.78, 5) is 13.5. The molecule has 0 aliphatic carbocycles. The summed E-state index contributed by atoms with van der Waals surface area (Å²) < 4.78 is 6.22. The fourth-order valence-electron chi connectivity index (χ4n) is 4.57. The largest absolute Gasteiger partial charge is 0.479 e. The maximum Gasteiger partial charge on any atom is 0.310 e. The molecule has 1 saturated heterocycles. The summed E-state index contributed by atoms with van der Waals surface area (Å²) in [7, 11) is 0. The van der Waals surface area contributed by atoms with E-state index in [1.165, 1.54) is 17.2 Å². The summed E-state index contributed by atoms with van der Waals surface area (Å²) in [6.45, 7) is 5.14. The van der Waals surface area contributed by atoms with Crippen molar-refractivity contribution in [3.8, 4) is 5.75 Å². The van der Waals surface area contributed by atoms with Gasteiger partial charge in [0.25, 0.3) is 0 Å². The minimum absolute atomic E-state index is 0.00396. The Kier molecular flexibility index (Phi) is 7.17. The molecule has 4 rings (SSSR count). The third kappa shape index (κ3) is 5.35. The molecule has 5 heteroatoms. The first-order valence-corrected chi connectivity index (χ1v) is 11.3. The first-order chi connectivity index (χ1) is 15.6. The fraction of sp³-hybridized carbons (Fsp3) is 0.333. The number of likely N-dealkylation sites (tertiary alicyclic amines) is 1. The molecule has 32 heavy (non-hydrogen) atoms. The molecule has 0 bridgehead atoms. The second-order valence-corrected chi connectivity index (χ2v) is 8.40. The van der Waals surface area contributed by atoms with E-state index >= 15 is 0 Å². The van der Waals surface area contributed by atoms with E-state index in [0.29, 0.717) is 11.7 Å². The standard InChI is InChI=1S/C27H29N2O3/c1-21-9-5-6-12-24(21)22-15-18-28(19-16-22)20-17-26(23-10-3-2-4-11-23)32-27-14-8-7-13-25(27)29(30)31/h2-8,10-14,22,26H,15-20H2,1H3/t26-/m1/s1. The third-order valence-corrected chi connectivity index (χ3v) is 6.34. The maximum atomic E-state index is 11.4. The van der Waals surface area contributed by atoms with E-state index in [9.17, 15) is 10.1 Å². The van der Waals surface area contributed by atoms with E-state index in [4.69, 9.17) is 4.74 Å². The lowest BCUT2D eigenvalue weighted by Crippen LogP contribution is -2.34. The molecule has 0 N–H and O–H groups in total. The molecule has 165 valence electrons. The Hall–Kier alpha value is -3.18. The lowest BCUT2D eigenvalue weighted by atomic mass is 9.87. The van der Waals surface area contributed by atoms with Gasteiger partial charge in [-0.15, -0.1) is 0 Å². The summed E-state index contributed by atoms with van der Waals surface area (Å²) in [5.41, 5.74) is 3.72. The smallest absolute Gasteiger partial charge is 0.310 e. The van der Waals surface area contributed by atoms with E-state index in [1.807, 2.05) is 36.4 Å². The van der Waals surface area contributed by atoms with Crippen molar-refractivity contribution in [1.29, 1.82) is 0 Å². The van der Waals surface area contributed by atoms with Crippen molar-refractivity contribution < 1.29 is 9.66 Å². The van der Waals surface area contributed by atoms with Crippen LogP contribution in [0, 0.1) is 23.1 Å². The van der Waals surface area contributed by atoms with Crippen LogP contribution in [0.15, 0.2) is 72.8 Å². The van der Waals surface area contributed by atoms with Crippen LogP contribution in [0.2, 0.25) is 0 Å². The molecule has 0 spiro atoms. The van der Waals surface area contributed by atoms with Gasteiger partial charge in [0.15, 0.2) is 5.75 Å². The van der Waals surface area contributed by atoms with Gasteiger partial charge in [0.2, 0.25) is 0 Å². The molecule has 1 heterocycles. The van der Waals surface area contributed by atoms with Crippen molar-refractivity contribution >= 4 is 5.69 Å². The Morgan fingerprint density at radius 2 is 1.78 bits per heavy atom. The van der Waals surface area contributed by atoms with Crippen LogP contribution in [-0.2, 0) is 0 Å². The van der Waals surface area contributed by atoms with E-state index in [-0.39, 0.29) is 16.7 Å². The minimum atomic E-state index is -0.384. The van der Waals surface area contributed by atoms with E-state index in [2.05, 4.69) is 30.0 Å². The number of nitro groups is 1. The highest BCUT2D eigenvalue weighted by atomic mass is 16.6. The number of nitro benzene ring substituents is 1. The Morgan fingerprint density at radius 3 is 2.50 bits per heavy atom. The second-order valence-electron chi connectivity index (χ2n) is 8.40. The number of benzene rings is 3. The second kappa shape index (κ2) is 10.4. The molecule has 1 aliphatic heterocycles. The zero-order valence-electron chi connectivity index (χ0n) is 18.4. The number of aryl methyl sites for hydroxylation is 1. The van der Waals surface area contributed by atoms with Crippen molar-refractivity contribution in [2.75, 3.05) is 19.6 Å². The third-order valence-electron chi connectivity index (χ3n) is 6.34. The number of ether oxygens (including phenoxy) is 1. The summed E-state index contributed by atoms with van der Waals surface area (Å²) in [6, 6.07) is 26.2. The van der Waals surface area contributed by atoms with Crippen molar-refractivity contribution in [3.05, 3.63) is 106 Å². The Bertz CT molecular complexity index is 1030. The van der Waals surface area contributed by atoms with Crippen molar-refractivity contribution in [2.45, 2.75) is 38.2 Å². The lowest BCUT2D eigenvalue weighted by Gasteiger charge is -2.33. The number of nitrogens with zero attached hydrogens (tertiary/aromatic N) is 2. The fourth-order valence-corrected chi connectivity index (χ4v) is 4.57. The Labute approximate surface area is 189 Å². The van der Waals surface area contributed by atoms with Gasteiger partial charge in [-0.3, -0.25) is 10.1 Å². The predicted octanol–water partition coefficient (Wildman–Crippen LogP) is 6.09. The average Bonchev–Trinajstić information content (AvgIpc) is 2.83. The van der Waals surface area contributed by atoms with Crippen LogP contribution in [0.4, 0.5) is 5.69 Å². The number of rotatable bonds is 8. The summed E-state index contributed by atoms with van der Waals surface area (Å²) >= 11 is 0. The van der Waals surface area contributed by atoms with Crippen LogP contribution in [0.25, 0.3) is 0 Å². The van der Waals surface area contributed by atoms with Crippen LogP contribution in [-0.4, -0.2) is 29.5 Å². The van der Waals surface area contributed by atoms with Crippen LogP contribution in [0.5, 0.6) is 5.75 Å². The first kappa shape index (κ1) is 22.0. The van der Waals surface area contributed by atoms with Crippen LogP contribution in [0.3, 0.4) is 0 Å². The van der Waals surface area contributed by atoms with Gasteiger partial charge in [0.1, 0.15) is 6.10 Å². The highest BCUT2D eigenvalue weighted by molar-refractivity contribution is 5.46. The number of piperidine rings is 1. The van der Waals surface area contributed by atoms with Crippen molar-refractivity contribution in [2.24, 2.45) is 0 Å². The van der Waals surface area contributed by atoms with Crippen molar-refractivity contribution in [3.63, 3.8) is 0 Å². The molecule has 0 amide bonds. The molecule has 1 atom stereocenters. The van der Waals surface area contributed by atoms with Gasteiger partial charge in [-0.05, 0) is 67.6 Å². The van der Waals surface area contributed by atoms with Crippen LogP contribution in [0.1, 0.15) is 48.0 Å². The zero-order chi connectivity index (χ0) is 22.3. The van der Waals surface area contributed by atoms with E-state index < -0.39 is 0 Å². The normalized spacial score (nSPS) is 15.9. The molecule has 0 saturated carbocycles. The molecule has 1 radical (unpaired) electrons. The number of hydrogen-bond acceptors (Lipinski definition) is 4. The van der Waals surface area contributed by atoms with Gasteiger partial charge in [-0.2, -0.15) is 0 Å². The molecule has 5 nitrogen and oxygen atoms in total. The van der Waals surface area contributed by atoms with Gasteiger partial charge in [-0.25, -0.2) is 0 Å². The summed E-state index contributed by atoms with van der Waals surface area (Å²) in [5.74, 6) is 0.915. The first-order valence-electron chi connectivity index (χ1n) is 11.3. The molecular formula is C27H29N2O3. The van der Waals surface area contributed by atoms with Gasteiger partial charge in [-0.1, -0.05) is 60.7 Å². The van der Waals surface area contributed by atoms with Crippen LogP contribution >= 0.6 is 0 Å². The number of para-hydroxylation sites is 2. The van der Waals surface area contributed by atoms with E-state index in [1.54, 1.807) is 18.2 Å². The SMILES string of the molecule is Cc1[c]cccc1C1CCN(CC[C@@H](Oc2ccccc2[N+](=O)[O-])c2ccccc2)CC1. The quantitative estimate of drug-likeness (QED) is 0.321. The molecule has 3 aromatic carbocycles. The summed E-state index contributed by atoms with van der Waals surface area (Å²) in [6.07, 6.45) is 2.82. The van der Waals surface area contributed by atoms with Crippen LogP contribution < -0.4 is 4.74 Å². The Morgan fingerprint density at radius 1 is 1.06 bits per heavy atom. The number of hydrogen-bond donors (Lipinski definition) is 0. The average molecular weight is 430 g/mol. The molecule has 1 fully saturated rings. The van der Waals surface area contributed by atoms with Gasteiger partial charge < -0.3 is 9.64 Å². The van der Waals surface area contributed by atoms with E-state index in [0.717, 1.165) is 44.5 Å². The van der Waals surface area contributed by atoms with Gasteiger partial charge >= 0.3 is 5.69 Å². The van der Waals surface area contributed by atoms with Gasteiger partial charge in [0.05, 0.1) is 4.92 Å². The van der Waals surface area contributed by atoms with Gasteiger partial charge in [0, 0.05) is 19.0 Å². The monoisotopic (exact) mass is 429 g/mol. The highest BCUT2D eigenvalue weighted by Gasteiger charge is 2.24. The highest BCUT2D eigenvalue weighted by Crippen LogP contribution is 2.33. The molecule has 0 unspecified atom stereocenters. The Balaban J connectivity index is 1.41.